The molecule has 0 saturated carbocycles. The van der Waals surface area contributed by atoms with Crippen molar-refractivity contribution in [1.29, 1.82) is 0 Å². The van der Waals surface area contributed by atoms with Crippen LogP contribution in [0, 0.1) is 10.1 Å². The molecule has 15 heavy (non-hydrogen) atoms. The SMILES string of the molecule is C[C@H](Cl)c1cc2c(cc1[N+](=O)[O-])OCO2. The maximum Gasteiger partial charge on any atom is 0.278 e. The van der Waals surface area contributed by atoms with E-state index in [2.05, 4.69) is 0 Å². The van der Waals surface area contributed by atoms with Gasteiger partial charge in [0.1, 0.15) is 0 Å². The summed E-state index contributed by atoms with van der Waals surface area (Å²) in [5, 5.41) is 10.3. The molecule has 1 aromatic rings. The molecule has 1 aromatic carbocycles. The van der Waals surface area contributed by atoms with Crippen LogP contribution in [0.5, 0.6) is 11.5 Å². The largest absolute Gasteiger partial charge is 0.454 e. The summed E-state index contributed by atoms with van der Waals surface area (Å²) in [5.41, 5.74) is 0.396. The van der Waals surface area contributed by atoms with Crippen molar-refractivity contribution < 1.29 is 14.4 Å². The Morgan fingerprint density at radius 2 is 2.07 bits per heavy atom. The Balaban J connectivity index is 2.57. The molecule has 0 unspecified atom stereocenters. The van der Waals surface area contributed by atoms with Gasteiger partial charge in [0, 0.05) is 0 Å². The molecule has 0 spiro atoms. The van der Waals surface area contributed by atoms with Gasteiger partial charge in [0.25, 0.3) is 5.69 Å². The van der Waals surface area contributed by atoms with E-state index in [1.54, 1.807) is 13.0 Å². The van der Waals surface area contributed by atoms with Gasteiger partial charge in [0.15, 0.2) is 11.5 Å². The molecule has 80 valence electrons. The summed E-state index contributed by atoms with van der Waals surface area (Å²) in [5.74, 6) is 0.894. The van der Waals surface area contributed by atoms with Crippen molar-refractivity contribution in [3.63, 3.8) is 0 Å². The van der Waals surface area contributed by atoms with E-state index >= 15 is 0 Å². The molecule has 0 bridgehead atoms. The number of fused-ring (bicyclic) bond motifs is 1. The normalized spacial score (nSPS) is 15.1. The Morgan fingerprint density at radius 1 is 1.47 bits per heavy atom. The molecule has 1 atom stereocenters. The van der Waals surface area contributed by atoms with E-state index in [1.165, 1.54) is 6.07 Å². The van der Waals surface area contributed by atoms with Crippen LogP contribution in [0.3, 0.4) is 0 Å². The molecule has 1 heterocycles. The lowest BCUT2D eigenvalue weighted by atomic mass is 10.1. The van der Waals surface area contributed by atoms with Crippen LogP contribution in [0.15, 0.2) is 12.1 Å². The number of nitrogens with zero attached hydrogens (tertiary/aromatic N) is 1. The predicted molar refractivity (Wildman–Crippen MR) is 53.5 cm³/mol. The summed E-state index contributed by atoms with van der Waals surface area (Å²) in [6, 6.07) is 2.90. The van der Waals surface area contributed by atoms with Crippen LogP contribution in [0.1, 0.15) is 17.9 Å². The molecule has 0 aliphatic carbocycles. The Bertz CT molecular complexity index is 419. The third-order valence-electron chi connectivity index (χ3n) is 2.15. The van der Waals surface area contributed by atoms with Gasteiger partial charge < -0.3 is 9.47 Å². The van der Waals surface area contributed by atoms with Gasteiger partial charge in [0.2, 0.25) is 6.79 Å². The van der Waals surface area contributed by atoms with E-state index in [1.807, 2.05) is 0 Å². The lowest BCUT2D eigenvalue weighted by Gasteiger charge is -2.05. The van der Waals surface area contributed by atoms with Gasteiger partial charge in [-0.2, -0.15) is 0 Å². The second-order valence-electron chi connectivity index (χ2n) is 3.14. The van der Waals surface area contributed by atoms with Gasteiger partial charge in [-0.25, -0.2) is 0 Å². The highest BCUT2D eigenvalue weighted by molar-refractivity contribution is 6.20. The first kappa shape index (κ1) is 10.0. The number of nitro benzene ring substituents is 1. The topological polar surface area (TPSA) is 61.6 Å². The number of hydrogen-bond donors (Lipinski definition) is 0. The van der Waals surface area contributed by atoms with Crippen LogP contribution in [-0.2, 0) is 0 Å². The molecule has 0 saturated heterocycles. The number of hydrogen-bond acceptors (Lipinski definition) is 4. The van der Waals surface area contributed by atoms with Crippen LogP contribution in [-0.4, -0.2) is 11.7 Å². The standard InChI is InChI=1S/C9H8ClNO4/c1-5(10)6-2-8-9(15-4-14-8)3-7(6)11(12)13/h2-3,5H,4H2,1H3/t5-/m0/s1. The highest BCUT2D eigenvalue weighted by Gasteiger charge is 2.25. The minimum atomic E-state index is -0.476. The van der Waals surface area contributed by atoms with Gasteiger partial charge in [-0.15, -0.1) is 11.6 Å². The second kappa shape index (κ2) is 3.58. The Labute approximate surface area is 90.7 Å². The van der Waals surface area contributed by atoms with Crippen molar-refractivity contribution in [2.24, 2.45) is 0 Å². The zero-order chi connectivity index (χ0) is 11.0. The molecular weight excluding hydrogens is 222 g/mol. The molecule has 1 aliphatic rings. The Morgan fingerprint density at radius 3 is 2.60 bits per heavy atom. The summed E-state index contributed by atoms with van der Waals surface area (Å²) in [6.45, 7) is 1.76. The molecule has 0 radical (unpaired) electrons. The molecule has 0 fully saturated rings. The first-order chi connectivity index (χ1) is 7.09. The highest BCUT2D eigenvalue weighted by atomic mass is 35.5. The van der Waals surface area contributed by atoms with E-state index in [-0.39, 0.29) is 12.5 Å². The number of benzene rings is 1. The monoisotopic (exact) mass is 229 g/mol. The molecule has 0 aromatic heterocycles. The fraction of sp³-hybridized carbons (Fsp3) is 0.333. The zero-order valence-corrected chi connectivity index (χ0v) is 8.65. The van der Waals surface area contributed by atoms with Crippen LogP contribution in [0.25, 0.3) is 0 Å². The lowest BCUT2D eigenvalue weighted by Crippen LogP contribution is -1.96. The molecule has 2 rings (SSSR count). The quantitative estimate of drug-likeness (QED) is 0.444. The van der Waals surface area contributed by atoms with Crippen molar-refractivity contribution in [1.82, 2.24) is 0 Å². The van der Waals surface area contributed by atoms with Crippen molar-refractivity contribution in [3.8, 4) is 11.5 Å². The average Bonchev–Trinajstić information content (AvgIpc) is 2.61. The van der Waals surface area contributed by atoms with Gasteiger partial charge in [0.05, 0.1) is 21.9 Å². The van der Waals surface area contributed by atoms with Gasteiger partial charge in [-0.05, 0) is 13.0 Å². The number of halogens is 1. The van der Waals surface area contributed by atoms with Crippen molar-refractivity contribution in [2.75, 3.05) is 6.79 Å². The minimum Gasteiger partial charge on any atom is -0.454 e. The Hall–Kier alpha value is -1.49. The second-order valence-corrected chi connectivity index (χ2v) is 3.79. The third-order valence-corrected chi connectivity index (χ3v) is 2.38. The van der Waals surface area contributed by atoms with E-state index < -0.39 is 10.3 Å². The maximum atomic E-state index is 10.8. The fourth-order valence-electron chi connectivity index (χ4n) is 1.42. The number of alkyl halides is 1. The number of nitro groups is 1. The van der Waals surface area contributed by atoms with E-state index in [0.717, 1.165) is 0 Å². The lowest BCUT2D eigenvalue weighted by molar-refractivity contribution is -0.385. The average molecular weight is 230 g/mol. The van der Waals surface area contributed by atoms with E-state index in [4.69, 9.17) is 21.1 Å². The molecule has 5 nitrogen and oxygen atoms in total. The number of ether oxygens (including phenoxy) is 2. The first-order valence-electron chi connectivity index (χ1n) is 4.31. The fourth-order valence-corrected chi connectivity index (χ4v) is 1.60. The van der Waals surface area contributed by atoms with Crippen LogP contribution in [0.2, 0.25) is 0 Å². The van der Waals surface area contributed by atoms with Crippen LogP contribution in [0.4, 0.5) is 5.69 Å². The molecule has 6 heteroatoms. The van der Waals surface area contributed by atoms with Crippen molar-refractivity contribution in [2.45, 2.75) is 12.3 Å². The smallest absolute Gasteiger partial charge is 0.278 e. The van der Waals surface area contributed by atoms with Crippen molar-refractivity contribution in [3.05, 3.63) is 27.8 Å². The van der Waals surface area contributed by atoms with Crippen molar-refractivity contribution >= 4 is 17.3 Å². The summed E-state index contributed by atoms with van der Waals surface area (Å²) < 4.78 is 10.2. The Kier molecular flexibility index (Phi) is 2.40. The molecule has 0 N–H and O–H groups in total. The summed E-state index contributed by atoms with van der Waals surface area (Å²) in [7, 11) is 0. The summed E-state index contributed by atoms with van der Waals surface area (Å²) >= 11 is 5.85. The van der Waals surface area contributed by atoms with Crippen LogP contribution < -0.4 is 9.47 Å². The van der Waals surface area contributed by atoms with Gasteiger partial charge >= 0.3 is 0 Å². The predicted octanol–water partition coefficient (Wildman–Crippen LogP) is 2.62. The van der Waals surface area contributed by atoms with Crippen LogP contribution >= 0.6 is 11.6 Å². The van der Waals surface area contributed by atoms with Gasteiger partial charge in [-0.1, -0.05) is 0 Å². The molecular formula is C9H8ClNO4. The first-order valence-corrected chi connectivity index (χ1v) is 4.75. The van der Waals surface area contributed by atoms with E-state index in [0.29, 0.717) is 17.1 Å². The zero-order valence-electron chi connectivity index (χ0n) is 7.90. The third kappa shape index (κ3) is 1.70. The molecule has 1 aliphatic heterocycles. The summed E-state index contributed by atoms with van der Waals surface area (Å²) in [4.78, 5) is 10.3. The van der Waals surface area contributed by atoms with Gasteiger partial charge in [-0.3, -0.25) is 10.1 Å². The summed E-state index contributed by atoms with van der Waals surface area (Å²) in [6.07, 6.45) is 0. The highest BCUT2D eigenvalue weighted by Crippen LogP contribution is 2.41. The number of rotatable bonds is 2. The van der Waals surface area contributed by atoms with E-state index in [9.17, 15) is 10.1 Å². The maximum absolute atomic E-state index is 10.8. The molecule has 0 amide bonds. The minimum absolute atomic E-state index is 0.0400.